The van der Waals surface area contributed by atoms with E-state index < -0.39 is 11.9 Å². The largest absolute Gasteiger partial charge is 0.481 e. The molecule has 0 amide bonds. The first-order valence-electron chi connectivity index (χ1n) is 13.8. The Morgan fingerprint density at radius 3 is 1.38 bits per heavy atom. The molecule has 34 heavy (non-hydrogen) atoms. The van der Waals surface area contributed by atoms with Gasteiger partial charge in [0.05, 0.1) is 0 Å². The number of carboxylic acids is 2. The molecule has 194 valence electrons. The third kappa shape index (κ3) is 15.1. The Morgan fingerprint density at radius 2 is 0.971 bits per heavy atom. The number of aliphatic carboxylic acids is 2. The molecule has 4 nitrogen and oxygen atoms in total. The number of hydrogen-bond acceptors (Lipinski definition) is 2. The van der Waals surface area contributed by atoms with Crippen molar-refractivity contribution in [2.45, 2.75) is 142 Å². The average Bonchev–Trinajstić information content (AvgIpc) is 2.76. The van der Waals surface area contributed by atoms with Crippen molar-refractivity contribution in [3.8, 4) is 0 Å². The van der Waals surface area contributed by atoms with Crippen molar-refractivity contribution >= 4 is 11.9 Å². The third-order valence-corrected chi connectivity index (χ3v) is 6.75. The van der Waals surface area contributed by atoms with Crippen LogP contribution < -0.4 is 0 Å². The van der Waals surface area contributed by atoms with Gasteiger partial charge in [0.25, 0.3) is 0 Å². The number of carboxylic acid groups (broad SMARTS) is 2. The summed E-state index contributed by atoms with van der Waals surface area (Å²) in [7, 11) is 0. The number of aryl methyl sites for hydroxylation is 2. The second-order valence-electron chi connectivity index (χ2n) is 11.0. The van der Waals surface area contributed by atoms with Gasteiger partial charge in [0.1, 0.15) is 0 Å². The van der Waals surface area contributed by atoms with Gasteiger partial charge >= 0.3 is 11.9 Å². The number of unbranched alkanes of at least 4 members (excludes halogenated alkanes) is 12. The van der Waals surface area contributed by atoms with E-state index in [0.29, 0.717) is 12.8 Å². The first-order valence-corrected chi connectivity index (χ1v) is 13.8. The van der Waals surface area contributed by atoms with Gasteiger partial charge in [-0.2, -0.15) is 0 Å². The van der Waals surface area contributed by atoms with E-state index in [4.69, 9.17) is 10.2 Å². The molecule has 0 heterocycles. The van der Waals surface area contributed by atoms with Crippen molar-refractivity contribution in [2.24, 2.45) is 0 Å². The first-order chi connectivity index (χ1) is 16.2. The van der Waals surface area contributed by atoms with E-state index in [-0.39, 0.29) is 5.41 Å². The molecule has 1 rings (SSSR count). The molecule has 2 N–H and O–H groups in total. The minimum Gasteiger partial charge on any atom is -0.481 e. The van der Waals surface area contributed by atoms with Gasteiger partial charge < -0.3 is 10.2 Å². The van der Waals surface area contributed by atoms with Crippen LogP contribution in [0.3, 0.4) is 0 Å². The lowest BCUT2D eigenvalue weighted by molar-refractivity contribution is -0.138. The predicted octanol–water partition coefficient (Wildman–Crippen LogP) is 8.48. The molecule has 0 spiro atoms. The van der Waals surface area contributed by atoms with Crippen LogP contribution in [0, 0.1) is 0 Å². The summed E-state index contributed by atoms with van der Waals surface area (Å²) in [4.78, 5) is 21.1. The van der Waals surface area contributed by atoms with Gasteiger partial charge in [-0.15, -0.1) is 0 Å². The fraction of sp³-hybridized carbons (Fsp3) is 0.733. The van der Waals surface area contributed by atoms with Crippen LogP contribution in [-0.2, 0) is 27.8 Å². The topological polar surface area (TPSA) is 74.6 Å². The summed E-state index contributed by atoms with van der Waals surface area (Å²) in [6.45, 7) is 6.85. The van der Waals surface area contributed by atoms with Gasteiger partial charge in [0, 0.05) is 12.8 Å². The third-order valence-electron chi connectivity index (χ3n) is 6.75. The molecule has 0 radical (unpaired) electrons. The monoisotopic (exact) mass is 474 g/mol. The van der Waals surface area contributed by atoms with Crippen LogP contribution in [0.1, 0.15) is 140 Å². The second-order valence-corrected chi connectivity index (χ2v) is 11.0. The van der Waals surface area contributed by atoms with Gasteiger partial charge in [0.2, 0.25) is 0 Å². The molecule has 0 aromatic heterocycles. The highest BCUT2D eigenvalue weighted by Gasteiger charge is 2.15. The molecule has 0 aliphatic carbocycles. The summed E-state index contributed by atoms with van der Waals surface area (Å²) in [5.41, 5.74) is 4.64. The summed E-state index contributed by atoms with van der Waals surface area (Å²) < 4.78 is 0. The van der Waals surface area contributed by atoms with Crippen molar-refractivity contribution in [3.05, 3.63) is 34.9 Å². The van der Waals surface area contributed by atoms with E-state index in [9.17, 15) is 9.59 Å². The highest BCUT2D eigenvalue weighted by molar-refractivity contribution is 5.66. The van der Waals surface area contributed by atoms with E-state index in [1.807, 2.05) is 0 Å². The average molecular weight is 475 g/mol. The van der Waals surface area contributed by atoms with Gasteiger partial charge in [-0.1, -0.05) is 103 Å². The molecular weight excluding hydrogens is 424 g/mol. The Balaban J connectivity index is 2.36. The van der Waals surface area contributed by atoms with Gasteiger partial charge in [0.15, 0.2) is 0 Å². The molecular formula is C30H50O4. The van der Waals surface area contributed by atoms with Gasteiger partial charge in [-0.05, 0) is 60.6 Å². The summed E-state index contributed by atoms with van der Waals surface area (Å²) in [6, 6.07) is 7.13. The second kappa shape index (κ2) is 17.6. The number of hydrogen-bond donors (Lipinski definition) is 2. The normalized spacial score (nSPS) is 11.6. The highest BCUT2D eigenvalue weighted by atomic mass is 16.4. The molecule has 0 saturated heterocycles. The fourth-order valence-electron chi connectivity index (χ4n) is 4.52. The Morgan fingerprint density at radius 1 is 0.588 bits per heavy atom. The smallest absolute Gasteiger partial charge is 0.303 e. The van der Waals surface area contributed by atoms with Gasteiger partial charge in [-0.25, -0.2) is 0 Å². The Bertz CT molecular complexity index is 702. The minimum absolute atomic E-state index is 0.171. The Hall–Kier alpha value is -1.84. The van der Waals surface area contributed by atoms with Crippen molar-refractivity contribution < 1.29 is 19.8 Å². The number of benzene rings is 1. The van der Waals surface area contributed by atoms with Crippen molar-refractivity contribution in [1.82, 2.24) is 0 Å². The van der Waals surface area contributed by atoms with Crippen molar-refractivity contribution in [3.63, 3.8) is 0 Å². The quantitative estimate of drug-likeness (QED) is 0.186. The van der Waals surface area contributed by atoms with Crippen LogP contribution in [0.5, 0.6) is 0 Å². The predicted molar refractivity (Wildman–Crippen MR) is 142 cm³/mol. The fourth-order valence-corrected chi connectivity index (χ4v) is 4.52. The lowest BCUT2D eigenvalue weighted by Crippen LogP contribution is -2.12. The maximum Gasteiger partial charge on any atom is 0.303 e. The lowest BCUT2D eigenvalue weighted by Gasteiger charge is -2.21. The molecule has 0 unspecified atom stereocenters. The molecule has 1 aromatic carbocycles. The van der Waals surface area contributed by atoms with Crippen LogP contribution in [0.25, 0.3) is 0 Å². The van der Waals surface area contributed by atoms with Crippen LogP contribution in [-0.4, -0.2) is 22.2 Å². The Labute approximate surface area is 208 Å². The van der Waals surface area contributed by atoms with E-state index in [0.717, 1.165) is 51.4 Å². The van der Waals surface area contributed by atoms with Crippen molar-refractivity contribution in [2.75, 3.05) is 0 Å². The first kappa shape index (κ1) is 30.2. The van der Waals surface area contributed by atoms with Crippen LogP contribution in [0.15, 0.2) is 18.2 Å². The maximum absolute atomic E-state index is 10.6. The molecule has 0 bridgehead atoms. The SMILES string of the molecule is CC(C)(C)c1ccc(CCCCCCCCCC(=O)O)c(CCCCCCCCCC(=O)O)c1. The lowest BCUT2D eigenvalue weighted by atomic mass is 9.83. The zero-order valence-electron chi connectivity index (χ0n) is 22.2. The van der Waals surface area contributed by atoms with Crippen LogP contribution in [0.4, 0.5) is 0 Å². The summed E-state index contributed by atoms with van der Waals surface area (Å²) in [6.07, 6.45) is 18.8. The van der Waals surface area contributed by atoms with Crippen LogP contribution >= 0.6 is 0 Å². The number of rotatable bonds is 20. The molecule has 0 fully saturated rings. The molecule has 0 atom stereocenters. The van der Waals surface area contributed by atoms with Gasteiger partial charge in [-0.3, -0.25) is 9.59 Å². The minimum atomic E-state index is -0.679. The molecule has 0 saturated carbocycles. The maximum atomic E-state index is 10.6. The van der Waals surface area contributed by atoms with E-state index in [2.05, 4.69) is 39.0 Å². The van der Waals surface area contributed by atoms with E-state index in [1.165, 1.54) is 68.1 Å². The molecule has 4 heteroatoms. The summed E-state index contributed by atoms with van der Waals surface area (Å²) in [5, 5.41) is 17.4. The highest BCUT2D eigenvalue weighted by Crippen LogP contribution is 2.27. The standard InChI is InChI=1S/C30H50O4/c1-30(2,3)27-23-22-25(18-14-10-6-4-8-12-16-20-28(31)32)26(24-27)19-15-11-7-5-9-13-17-21-29(33)34/h22-24H,4-21H2,1-3H3,(H,31,32)(H,33,34). The zero-order chi connectivity index (χ0) is 25.2. The van der Waals surface area contributed by atoms with E-state index in [1.54, 1.807) is 0 Å². The van der Waals surface area contributed by atoms with Crippen molar-refractivity contribution in [1.29, 1.82) is 0 Å². The Kier molecular flexibility index (Phi) is 15.6. The summed E-state index contributed by atoms with van der Waals surface area (Å²) >= 11 is 0. The molecule has 1 aromatic rings. The number of carbonyl (C=O) groups is 2. The molecule has 0 aliphatic rings. The van der Waals surface area contributed by atoms with Crippen LogP contribution in [0.2, 0.25) is 0 Å². The summed E-state index contributed by atoms with van der Waals surface area (Å²) in [5.74, 6) is -1.36. The zero-order valence-corrected chi connectivity index (χ0v) is 22.2. The van der Waals surface area contributed by atoms with E-state index >= 15 is 0 Å². The molecule has 0 aliphatic heterocycles.